The van der Waals surface area contributed by atoms with Crippen LogP contribution in [0.2, 0.25) is 0 Å². The molecule has 4 atom stereocenters. The lowest BCUT2D eigenvalue weighted by Gasteiger charge is -2.25. The number of imidazole rings is 1. The number of benzene rings is 3. The standard InChI is InChI=1S/C30H31N3O6/c31-28(34)25-29(33-20-32-25)39-30-27(37-18-23-14-8-3-9-15-23)26(36-17-22-12-6-2-7-13-22)24(38-30)19-35-16-21-10-4-1-5-11-21/h1-15,20,24,26-27,30H,16-19H2,(H2,31,34)(H,32,33)/t24-,26-,27+,30+/m1/s1. The molecule has 1 aliphatic heterocycles. The number of carbonyl (C=O) groups excluding carboxylic acids is 1. The highest BCUT2D eigenvalue weighted by atomic mass is 16.7. The average molecular weight is 530 g/mol. The van der Waals surface area contributed by atoms with E-state index in [1.807, 2.05) is 91.0 Å². The lowest BCUT2D eigenvalue weighted by atomic mass is 10.1. The molecule has 0 bridgehead atoms. The molecule has 1 saturated heterocycles. The predicted octanol–water partition coefficient (Wildman–Crippen LogP) is 4.00. The third kappa shape index (κ3) is 7.10. The van der Waals surface area contributed by atoms with Crippen molar-refractivity contribution < 1.29 is 28.5 Å². The number of ether oxygens (including phenoxy) is 5. The third-order valence-corrected chi connectivity index (χ3v) is 6.31. The van der Waals surface area contributed by atoms with Gasteiger partial charge in [-0.1, -0.05) is 91.0 Å². The Morgan fingerprint density at radius 3 is 1.90 bits per heavy atom. The van der Waals surface area contributed by atoms with Crippen molar-refractivity contribution in [2.45, 2.75) is 44.4 Å². The number of hydrogen-bond donors (Lipinski definition) is 2. The summed E-state index contributed by atoms with van der Waals surface area (Å²) in [6, 6.07) is 29.6. The van der Waals surface area contributed by atoms with Gasteiger partial charge in [0.25, 0.3) is 5.91 Å². The van der Waals surface area contributed by atoms with E-state index in [9.17, 15) is 4.79 Å². The summed E-state index contributed by atoms with van der Waals surface area (Å²) in [5.74, 6) is -0.657. The van der Waals surface area contributed by atoms with Crippen LogP contribution in [-0.2, 0) is 38.8 Å². The van der Waals surface area contributed by atoms with E-state index in [2.05, 4.69) is 9.97 Å². The number of nitrogens with zero attached hydrogens (tertiary/aromatic N) is 1. The number of nitrogens with two attached hydrogens (primary N) is 1. The van der Waals surface area contributed by atoms with Crippen molar-refractivity contribution in [2.75, 3.05) is 6.61 Å². The summed E-state index contributed by atoms with van der Waals surface area (Å²) in [5, 5.41) is 0. The van der Waals surface area contributed by atoms with Crippen molar-refractivity contribution in [1.29, 1.82) is 0 Å². The number of amides is 1. The molecule has 5 rings (SSSR count). The second kappa shape index (κ2) is 13.2. The van der Waals surface area contributed by atoms with E-state index in [4.69, 9.17) is 29.4 Å². The van der Waals surface area contributed by atoms with Gasteiger partial charge in [0.05, 0.1) is 32.8 Å². The average Bonchev–Trinajstić information content (AvgIpc) is 3.57. The van der Waals surface area contributed by atoms with Gasteiger partial charge in [0.2, 0.25) is 12.2 Å². The first-order valence-electron chi connectivity index (χ1n) is 12.8. The molecule has 39 heavy (non-hydrogen) atoms. The summed E-state index contributed by atoms with van der Waals surface area (Å²) < 4.78 is 31.2. The minimum atomic E-state index is -0.929. The number of H-pyrrole nitrogens is 1. The van der Waals surface area contributed by atoms with Crippen molar-refractivity contribution in [3.8, 4) is 5.88 Å². The van der Waals surface area contributed by atoms with Crippen LogP contribution in [0.25, 0.3) is 0 Å². The van der Waals surface area contributed by atoms with Crippen LogP contribution in [0, 0.1) is 0 Å². The zero-order valence-electron chi connectivity index (χ0n) is 21.3. The number of primary amides is 1. The Balaban J connectivity index is 1.36. The fourth-order valence-corrected chi connectivity index (χ4v) is 4.36. The molecule has 0 radical (unpaired) electrons. The van der Waals surface area contributed by atoms with E-state index in [0.29, 0.717) is 19.8 Å². The molecule has 3 N–H and O–H groups in total. The third-order valence-electron chi connectivity index (χ3n) is 6.31. The number of carbonyl (C=O) groups is 1. The maximum Gasteiger partial charge on any atom is 0.270 e. The second-order valence-corrected chi connectivity index (χ2v) is 9.13. The normalized spacial score (nSPS) is 20.6. The van der Waals surface area contributed by atoms with Gasteiger partial charge in [0.15, 0.2) is 5.69 Å². The SMILES string of the molecule is NC(=O)c1[nH]cnc1O[C@@H]1O[C@H](COCc2ccccc2)[C@@H](OCc2ccccc2)[C@@H]1OCc1ccccc1. The molecule has 4 aromatic rings. The molecule has 9 heteroatoms. The monoisotopic (exact) mass is 529 g/mol. The van der Waals surface area contributed by atoms with E-state index in [1.165, 1.54) is 6.33 Å². The smallest absolute Gasteiger partial charge is 0.270 e. The zero-order chi connectivity index (χ0) is 26.9. The van der Waals surface area contributed by atoms with Gasteiger partial charge in [0.1, 0.15) is 18.3 Å². The molecule has 1 aromatic heterocycles. The molecule has 1 aliphatic rings. The number of aromatic amines is 1. The van der Waals surface area contributed by atoms with Crippen molar-refractivity contribution >= 4 is 5.91 Å². The van der Waals surface area contributed by atoms with E-state index in [1.54, 1.807) is 0 Å². The predicted molar refractivity (Wildman–Crippen MR) is 143 cm³/mol. The molecule has 0 spiro atoms. The summed E-state index contributed by atoms with van der Waals surface area (Å²) in [7, 11) is 0. The van der Waals surface area contributed by atoms with Gasteiger partial charge in [-0.2, -0.15) is 0 Å². The minimum absolute atomic E-state index is 0.0356. The van der Waals surface area contributed by atoms with E-state index < -0.39 is 30.5 Å². The molecule has 1 fully saturated rings. The van der Waals surface area contributed by atoms with Crippen LogP contribution < -0.4 is 10.5 Å². The van der Waals surface area contributed by atoms with Gasteiger partial charge in [-0.3, -0.25) is 4.79 Å². The number of hydrogen-bond acceptors (Lipinski definition) is 7. The van der Waals surface area contributed by atoms with Crippen LogP contribution in [0.5, 0.6) is 5.88 Å². The van der Waals surface area contributed by atoms with Gasteiger partial charge in [-0.25, -0.2) is 4.98 Å². The Labute approximate surface area is 226 Å². The summed E-state index contributed by atoms with van der Waals surface area (Å²) in [4.78, 5) is 18.7. The highest BCUT2D eigenvalue weighted by Crippen LogP contribution is 2.31. The lowest BCUT2D eigenvalue weighted by Crippen LogP contribution is -2.40. The molecule has 9 nitrogen and oxygen atoms in total. The summed E-state index contributed by atoms with van der Waals surface area (Å²) in [5.41, 5.74) is 8.57. The molecule has 202 valence electrons. The Morgan fingerprint density at radius 2 is 1.33 bits per heavy atom. The fraction of sp³-hybridized carbons (Fsp3) is 0.267. The number of nitrogens with one attached hydrogen (secondary N) is 1. The lowest BCUT2D eigenvalue weighted by molar-refractivity contribution is -0.140. The van der Waals surface area contributed by atoms with Crippen molar-refractivity contribution in [1.82, 2.24) is 9.97 Å². The first kappa shape index (κ1) is 26.6. The molecule has 3 aromatic carbocycles. The van der Waals surface area contributed by atoms with Crippen molar-refractivity contribution in [3.63, 3.8) is 0 Å². The second-order valence-electron chi connectivity index (χ2n) is 9.13. The fourth-order valence-electron chi connectivity index (χ4n) is 4.36. The summed E-state index contributed by atoms with van der Waals surface area (Å²) in [6.07, 6.45) is -1.30. The Morgan fingerprint density at radius 1 is 0.795 bits per heavy atom. The van der Waals surface area contributed by atoms with Crippen molar-refractivity contribution in [3.05, 3.63) is 120 Å². The van der Waals surface area contributed by atoms with Crippen LogP contribution in [-0.4, -0.2) is 47.1 Å². The quantitative estimate of drug-likeness (QED) is 0.269. The van der Waals surface area contributed by atoms with Gasteiger partial charge in [-0.15, -0.1) is 0 Å². The molecular weight excluding hydrogens is 498 g/mol. The van der Waals surface area contributed by atoms with E-state index in [-0.39, 0.29) is 18.2 Å². The maximum absolute atomic E-state index is 11.9. The summed E-state index contributed by atoms with van der Waals surface area (Å²) >= 11 is 0. The highest BCUT2D eigenvalue weighted by molar-refractivity contribution is 5.93. The van der Waals surface area contributed by atoms with Gasteiger partial charge in [0, 0.05) is 0 Å². The Kier molecular flexibility index (Phi) is 8.97. The number of aromatic nitrogens is 2. The minimum Gasteiger partial charge on any atom is -0.443 e. The molecular formula is C30H31N3O6. The topological polar surface area (TPSA) is 118 Å². The molecule has 2 heterocycles. The zero-order valence-corrected chi connectivity index (χ0v) is 21.3. The van der Waals surface area contributed by atoms with Crippen molar-refractivity contribution in [2.24, 2.45) is 5.73 Å². The van der Waals surface area contributed by atoms with Gasteiger partial charge >= 0.3 is 0 Å². The largest absolute Gasteiger partial charge is 0.443 e. The molecule has 1 amide bonds. The van der Waals surface area contributed by atoms with Crippen LogP contribution in [0.3, 0.4) is 0 Å². The van der Waals surface area contributed by atoms with Crippen LogP contribution in [0.4, 0.5) is 0 Å². The van der Waals surface area contributed by atoms with Gasteiger partial charge in [-0.05, 0) is 16.7 Å². The van der Waals surface area contributed by atoms with Crippen LogP contribution in [0.15, 0.2) is 97.3 Å². The first-order chi connectivity index (χ1) is 19.2. The molecule has 0 saturated carbocycles. The first-order valence-corrected chi connectivity index (χ1v) is 12.8. The Bertz CT molecular complexity index is 1300. The summed E-state index contributed by atoms with van der Waals surface area (Å²) in [6.45, 7) is 1.30. The maximum atomic E-state index is 11.9. The van der Waals surface area contributed by atoms with Gasteiger partial charge < -0.3 is 34.4 Å². The highest BCUT2D eigenvalue weighted by Gasteiger charge is 2.48. The number of rotatable bonds is 13. The molecule has 0 unspecified atom stereocenters. The van der Waals surface area contributed by atoms with Crippen LogP contribution >= 0.6 is 0 Å². The van der Waals surface area contributed by atoms with E-state index >= 15 is 0 Å². The molecule has 0 aliphatic carbocycles. The Hall–Kier alpha value is -4.02. The van der Waals surface area contributed by atoms with Crippen LogP contribution in [0.1, 0.15) is 27.2 Å². The van der Waals surface area contributed by atoms with E-state index in [0.717, 1.165) is 16.7 Å².